The van der Waals surface area contributed by atoms with Crippen molar-refractivity contribution >= 4 is 23.4 Å². The predicted octanol–water partition coefficient (Wildman–Crippen LogP) is 0.316. The number of hydrogen-bond acceptors (Lipinski definition) is 8. The monoisotopic (exact) mass is 357 g/mol. The van der Waals surface area contributed by atoms with Gasteiger partial charge in [0.25, 0.3) is 0 Å². The van der Waals surface area contributed by atoms with E-state index in [1.165, 1.54) is 0 Å². The van der Waals surface area contributed by atoms with E-state index in [4.69, 9.17) is 11.5 Å². The molecule has 1 saturated heterocycles. The minimum absolute atomic E-state index is 0.165. The van der Waals surface area contributed by atoms with Crippen molar-refractivity contribution in [1.29, 1.82) is 0 Å². The molecule has 1 amide bonds. The summed E-state index contributed by atoms with van der Waals surface area (Å²) in [6.45, 7) is 2.24. The number of primary amides is 1. The molecule has 1 atom stereocenters. The average molecular weight is 357 g/mol. The third-order valence-corrected chi connectivity index (χ3v) is 4.33. The van der Waals surface area contributed by atoms with E-state index < -0.39 is 16.9 Å². The molecule has 1 aromatic heterocycles. The van der Waals surface area contributed by atoms with Gasteiger partial charge in [-0.25, -0.2) is 4.98 Å². The number of amides is 1. The number of nitro groups is 1. The molecule has 1 aromatic carbocycles. The second-order valence-electron chi connectivity index (χ2n) is 5.94. The number of carbonyl (C=O) groups is 1. The van der Waals surface area contributed by atoms with Crippen molar-refractivity contribution in [2.75, 3.05) is 36.8 Å². The number of aromatic nitrogens is 2. The Morgan fingerprint density at radius 1 is 1.19 bits per heavy atom. The zero-order valence-corrected chi connectivity index (χ0v) is 14.0. The third kappa shape index (κ3) is 3.54. The maximum atomic E-state index is 12.0. The van der Waals surface area contributed by atoms with Crippen LogP contribution in [0.25, 0.3) is 0 Å². The lowest BCUT2D eigenvalue weighted by Gasteiger charge is -2.38. The number of hydrogen-bond donors (Lipinski definition) is 2. The summed E-state index contributed by atoms with van der Waals surface area (Å²) in [6.07, 6.45) is 1.11. The maximum Gasteiger partial charge on any atom is 0.329 e. The molecule has 10 nitrogen and oxygen atoms in total. The van der Waals surface area contributed by atoms with Crippen LogP contribution in [0.3, 0.4) is 0 Å². The van der Waals surface area contributed by atoms with E-state index in [9.17, 15) is 14.9 Å². The van der Waals surface area contributed by atoms with Crippen molar-refractivity contribution in [2.24, 2.45) is 5.73 Å². The van der Waals surface area contributed by atoms with Crippen molar-refractivity contribution in [3.63, 3.8) is 0 Å². The molecule has 1 aliphatic heterocycles. The summed E-state index contributed by atoms with van der Waals surface area (Å²) >= 11 is 0. The highest BCUT2D eigenvalue weighted by Crippen LogP contribution is 2.24. The lowest BCUT2D eigenvalue weighted by Crippen LogP contribution is -2.50. The first-order valence-electron chi connectivity index (χ1n) is 8.07. The van der Waals surface area contributed by atoms with Gasteiger partial charge in [-0.3, -0.25) is 19.8 Å². The zero-order chi connectivity index (χ0) is 18.7. The minimum atomic E-state index is -0.617. The number of rotatable bonds is 5. The Kier molecular flexibility index (Phi) is 4.94. The van der Waals surface area contributed by atoms with Gasteiger partial charge in [0, 0.05) is 26.2 Å². The third-order valence-electron chi connectivity index (χ3n) is 4.33. The normalized spacial score (nSPS) is 16.2. The number of nitrogens with zero attached hydrogens (tertiary/aromatic N) is 5. The lowest BCUT2D eigenvalue weighted by molar-refractivity contribution is -0.384. The van der Waals surface area contributed by atoms with E-state index in [0.29, 0.717) is 32.1 Å². The highest BCUT2D eigenvalue weighted by atomic mass is 16.6. The highest BCUT2D eigenvalue weighted by molar-refractivity contribution is 5.81. The summed E-state index contributed by atoms with van der Waals surface area (Å²) in [4.78, 5) is 34.1. The van der Waals surface area contributed by atoms with Gasteiger partial charge in [-0.05, 0) is 5.56 Å². The Morgan fingerprint density at radius 2 is 1.85 bits per heavy atom. The van der Waals surface area contributed by atoms with Crippen LogP contribution in [0.15, 0.2) is 36.5 Å². The van der Waals surface area contributed by atoms with Crippen molar-refractivity contribution in [2.45, 2.75) is 6.04 Å². The van der Waals surface area contributed by atoms with Crippen LogP contribution in [-0.4, -0.2) is 51.9 Å². The standard InChI is InChI=1S/C16H19N7O3/c17-14-12(23(25)26)10-19-16(20-14)22-8-6-21(7-9-22)13(15(18)24)11-4-2-1-3-5-11/h1-5,10,13H,6-9H2,(H2,18,24)(H2,17,19,20). The molecule has 1 aliphatic rings. The average Bonchev–Trinajstić information content (AvgIpc) is 2.62. The van der Waals surface area contributed by atoms with Crippen LogP contribution in [-0.2, 0) is 4.79 Å². The van der Waals surface area contributed by atoms with E-state index in [0.717, 1.165) is 11.8 Å². The molecule has 0 radical (unpaired) electrons. The smallest absolute Gasteiger partial charge is 0.329 e. The molecule has 26 heavy (non-hydrogen) atoms. The van der Waals surface area contributed by atoms with Crippen LogP contribution >= 0.6 is 0 Å². The van der Waals surface area contributed by atoms with Gasteiger partial charge in [-0.2, -0.15) is 4.98 Å². The summed E-state index contributed by atoms with van der Waals surface area (Å²) in [5, 5.41) is 10.8. The Balaban J connectivity index is 1.71. The van der Waals surface area contributed by atoms with Crippen molar-refractivity contribution in [1.82, 2.24) is 14.9 Å². The van der Waals surface area contributed by atoms with Crippen LogP contribution in [0.4, 0.5) is 17.5 Å². The van der Waals surface area contributed by atoms with Gasteiger partial charge >= 0.3 is 5.69 Å². The Morgan fingerprint density at radius 3 is 2.38 bits per heavy atom. The van der Waals surface area contributed by atoms with Crippen LogP contribution < -0.4 is 16.4 Å². The van der Waals surface area contributed by atoms with Gasteiger partial charge in [0.05, 0.1) is 4.92 Å². The van der Waals surface area contributed by atoms with Crippen molar-refractivity contribution in [3.05, 3.63) is 52.2 Å². The van der Waals surface area contributed by atoms with E-state index in [1.54, 1.807) is 0 Å². The van der Waals surface area contributed by atoms with Crippen LogP contribution in [0.1, 0.15) is 11.6 Å². The highest BCUT2D eigenvalue weighted by Gasteiger charge is 2.30. The van der Waals surface area contributed by atoms with Gasteiger partial charge in [0.15, 0.2) is 0 Å². The lowest BCUT2D eigenvalue weighted by atomic mass is 10.0. The van der Waals surface area contributed by atoms with Crippen LogP contribution in [0, 0.1) is 10.1 Å². The first-order valence-corrected chi connectivity index (χ1v) is 8.07. The molecule has 3 rings (SSSR count). The maximum absolute atomic E-state index is 12.0. The molecule has 2 heterocycles. The molecule has 0 aliphatic carbocycles. The number of nitrogen functional groups attached to an aromatic ring is 1. The number of anilines is 2. The molecule has 0 bridgehead atoms. The fourth-order valence-corrected chi connectivity index (χ4v) is 3.04. The number of nitrogens with two attached hydrogens (primary N) is 2. The molecule has 1 fully saturated rings. The molecular weight excluding hydrogens is 338 g/mol. The first kappa shape index (κ1) is 17.5. The van der Waals surface area contributed by atoms with E-state index in [-0.39, 0.29) is 11.5 Å². The summed E-state index contributed by atoms with van der Waals surface area (Å²) in [5.74, 6) is -0.231. The molecule has 0 saturated carbocycles. The summed E-state index contributed by atoms with van der Waals surface area (Å²) in [6, 6.07) is 8.88. The minimum Gasteiger partial charge on any atom is -0.378 e. The van der Waals surface area contributed by atoms with E-state index in [1.807, 2.05) is 40.1 Å². The predicted molar refractivity (Wildman–Crippen MR) is 95.3 cm³/mol. The molecular formula is C16H19N7O3. The van der Waals surface area contributed by atoms with Crippen molar-refractivity contribution in [3.8, 4) is 0 Å². The topological polar surface area (TPSA) is 145 Å². The summed E-state index contributed by atoms with van der Waals surface area (Å²) < 4.78 is 0. The van der Waals surface area contributed by atoms with Gasteiger partial charge in [-0.15, -0.1) is 0 Å². The molecule has 4 N–H and O–H groups in total. The quantitative estimate of drug-likeness (QED) is 0.575. The SMILES string of the molecule is NC(=O)C(c1ccccc1)N1CCN(c2ncc([N+](=O)[O-])c(N)n2)CC1. The van der Waals surface area contributed by atoms with Gasteiger partial charge < -0.3 is 16.4 Å². The van der Waals surface area contributed by atoms with E-state index >= 15 is 0 Å². The van der Waals surface area contributed by atoms with E-state index in [2.05, 4.69) is 9.97 Å². The fraction of sp³-hybridized carbons (Fsp3) is 0.312. The summed E-state index contributed by atoms with van der Waals surface area (Å²) in [5.41, 5.74) is 11.8. The first-order chi connectivity index (χ1) is 12.5. The van der Waals surface area contributed by atoms with Crippen molar-refractivity contribution < 1.29 is 9.72 Å². The molecule has 1 unspecified atom stereocenters. The zero-order valence-electron chi connectivity index (χ0n) is 14.0. The number of carbonyl (C=O) groups excluding carboxylic acids is 1. The summed E-state index contributed by atoms with van der Waals surface area (Å²) in [7, 11) is 0. The number of piperazine rings is 1. The Bertz CT molecular complexity index is 807. The van der Waals surface area contributed by atoms with Gasteiger partial charge in [-0.1, -0.05) is 30.3 Å². The Labute approximate surface area is 149 Å². The Hall–Kier alpha value is -3.27. The molecule has 0 spiro atoms. The van der Waals surface area contributed by atoms with Gasteiger partial charge in [0.2, 0.25) is 17.7 Å². The molecule has 2 aromatic rings. The molecule has 10 heteroatoms. The van der Waals surface area contributed by atoms with Crippen LogP contribution in [0.5, 0.6) is 0 Å². The molecule has 136 valence electrons. The second-order valence-corrected chi connectivity index (χ2v) is 5.94. The van der Waals surface area contributed by atoms with Gasteiger partial charge in [0.1, 0.15) is 12.2 Å². The largest absolute Gasteiger partial charge is 0.378 e. The number of benzene rings is 1. The fourth-order valence-electron chi connectivity index (χ4n) is 3.04. The second kappa shape index (κ2) is 7.31. The van der Waals surface area contributed by atoms with Crippen LogP contribution in [0.2, 0.25) is 0 Å².